The number of hydrogen-bond acceptors (Lipinski definition) is 3. The van der Waals surface area contributed by atoms with Crippen LogP contribution >= 0.6 is 11.6 Å². The summed E-state index contributed by atoms with van der Waals surface area (Å²) in [7, 11) is 0. The molecule has 0 spiro atoms. The van der Waals surface area contributed by atoms with E-state index in [4.69, 9.17) is 11.6 Å². The molecule has 1 rings (SSSR count). The Morgan fingerprint density at radius 1 is 1.25 bits per heavy atom. The maximum absolute atomic E-state index is 11.7. The minimum absolute atomic E-state index is 0.0686. The van der Waals surface area contributed by atoms with Crippen molar-refractivity contribution in [3.05, 3.63) is 29.3 Å². The van der Waals surface area contributed by atoms with E-state index in [1.165, 1.54) is 0 Å². The van der Waals surface area contributed by atoms with Crippen molar-refractivity contribution in [2.75, 3.05) is 38.0 Å². The number of hydrogen-bond donors (Lipinski definition) is 2. The number of nitrogens with one attached hydrogen (secondary N) is 2. The van der Waals surface area contributed by atoms with Crippen molar-refractivity contribution < 1.29 is 4.79 Å². The molecular formula is C15H24ClN3O. The van der Waals surface area contributed by atoms with Crippen LogP contribution in [0.15, 0.2) is 24.3 Å². The van der Waals surface area contributed by atoms with Crippen LogP contribution in [0.3, 0.4) is 0 Å². The lowest BCUT2D eigenvalue weighted by Crippen LogP contribution is -2.31. The number of carbonyl (C=O) groups excluding carboxylic acids is 1. The van der Waals surface area contributed by atoms with Crippen LogP contribution in [0, 0.1) is 0 Å². The summed E-state index contributed by atoms with van der Waals surface area (Å²) in [4.78, 5) is 14.1. The van der Waals surface area contributed by atoms with Crippen LogP contribution in [-0.4, -0.2) is 43.5 Å². The standard InChI is InChI=1S/C15H24ClN3O/c1-3-19(4-2)11-7-10-17-12-15(20)18-14-9-6-5-8-13(14)16/h5-6,8-9,17H,3-4,7,10-12H2,1-2H3,(H,18,20). The molecule has 112 valence electrons. The van der Waals surface area contributed by atoms with E-state index in [2.05, 4.69) is 29.4 Å². The predicted molar refractivity (Wildman–Crippen MR) is 85.4 cm³/mol. The first-order valence-electron chi connectivity index (χ1n) is 7.14. The van der Waals surface area contributed by atoms with Crippen LogP contribution < -0.4 is 10.6 Å². The zero-order valence-electron chi connectivity index (χ0n) is 12.3. The first-order chi connectivity index (χ1) is 9.67. The zero-order valence-corrected chi connectivity index (χ0v) is 13.0. The third kappa shape index (κ3) is 6.37. The molecule has 1 aromatic rings. The van der Waals surface area contributed by atoms with E-state index in [1.807, 2.05) is 12.1 Å². The van der Waals surface area contributed by atoms with Gasteiger partial charge in [0.2, 0.25) is 5.91 Å². The fourth-order valence-corrected chi connectivity index (χ4v) is 2.11. The van der Waals surface area contributed by atoms with Crippen LogP contribution in [0.4, 0.5) is 5.69 Å². The molecule has 0 heterocycles. The lowest BCUT2D eigenvalue weighted by Gasteiger charge is -2.17. The first kappa shape index (κ1) is 17.0. The summed E-state index contributed by atoms with van der Waals surface area (Å²) in [5.41, 5.74) is 0.657. The molecule has 0 aliphatic carbocycles. The summed E-state index contributed by atoms with van der Waals surface area (Å²) in [6.07, 6.45) is 1.04. The van der Waals surface area contributed by atoms with Crippen LogP contribution in [0.25, 0.3) is 0 Å². The van der Waals surface area contributed by atoms with Crippen molar-refractivity contribution in [1.82, 2.24) is 10.2 Å². The first-order valence-corrected chi connectivity index (χ1v) is 7.52. The van der Waals surface area contributed by atoms with Gasteiger partial charge in [-0.3, -0.25) is 4.79 Å². The molecule has 0 saturated carbocycles. The second kappa shape index (κ2) is 9.75. The van der Waals surface area contributed by atoms with Gasteiger partial charge in [-0.25, -0.2) is 0 Å². The average Bonchev–Trinajstić information content (AvgIpc) is 2.45. The monoisotopic (exact) mass is 297 g/mol. The van der Waals surface area contributed by atoms with Gasteiger partial charge in [0, 0.05) is 0 Å². The summed E-state index contributed by atoms with van der Waals surface area (Å²) in [5.74, 6) is -0.0686. The Labute approximate surface area is 126 Å². The van der Waals surface area contributed by atoms with Crippen LogP contribution in [-0.2, 0) is 4.79 Å². The van der Waals surface area contributed by atoms with E-state index in [0.29, 0.717) is 17.3 Å². The maximum atomic E-state index is 11.7. The molecule has 0 fully saturated rings. The number of benzene rings is 1. The lowest BCUT2D eigenvalue weighted by atomic mass is 10.3. The molecule has 2 N–H and O–H groups in total. The molecule has 0 aliphatic rings. The lowest BCUT2D eigenvalue weighted by molar-refractivity contribution is -0.115. The number of nitrogens with zero attached hydrogens (tertiary/aromatic N) is 1. The fraction of sp³-hybridized carbons (Fsp3) is 0.533. The second-order valence-electron chi connectivity index (χ2n) is 4.59. The summed E-state index contributed by atoms with van der Waals surface area (Å²) >= 11 is 5.98. The Morgan fingerprint density at radius 2 is 1.95 bits per heavy atom. The van der Waals surface area contributed by atoms with Gasteiger partial charge in [-0.05, 0) is 44.7 Å². The van der Waals surface area contributed by atoms with E-state index in [0.717, 1.165) is 32.6 Å². The minimum Gasteiger partial charge on any atom is -0.324 e. The number of para-hydroxylation sites is 1. The third-order valence-electron chi connectivity index (χ3n) is 3.16. The van der Waals surface area contributed by atoms with Crippen molar-refractivity contribution >= 4 is 23.2 Å². The molecule has 4 nitrogen and oxygen atoms in total. The number of amides is 1. The topological polar surface area (TPSA) is 44.4 Å². The molecular weight excluding hydrogens is 274 g/mol. The number of rotatable bonds is 9. The molecule has 0 radical (unpaired) electrons. The van der Waals surface area contributed by atoms with Gasteiger partial charge in [0.15, 0.2) is 0 Å². The minimum atomic E-state index is -0.0686. The average molecular weight is 298 g/mol. The van der Waals surface area contributed by atoms with Gasteiger partial charge in [-0.2, -0.15) is 0 Å². The highest BCUT2D eigenvalue weighted by Gasteiger charge is 2.04. The zero-order chi connectivity index (χ0) is 14.8. The molecule has 1 aromatic carbocycles. The summed E-state index contributed by atoms with van der Waals surface area (Å²) in [6, 6.07) is 7.23. The second-order valence-corrected chi connectivity index (χ2v) is 4.99. The normalized spacial score (nSPS) is 10.8. The quantitative estimate of drug-likeness (QED) is 0.689. The molecule has 0 saturated heterocycles. The highest BCUT2D eigenvalue weighted by Crippen LogP contribution is 2.19. The predicted octanol–water partition coefficient (Wildman–Crippen LogP) is 2.60. The van der Waals surface area contributed by atoms with Crippen molar-refractivity contribution in [2.24, 2.45) is 0 Å². The van der Waals surface area contributed by atoms with E-state index in [1.54, 1.807) is 12.1 Å². The van der Waals surface area contributed by atoms with Crippen molar-refractivity contribution in [3.8, 4) is 0 Å². The van der Waals surface area contributed by atoms with E-state index in [9.17, 15) is 4.79 Å². The van der Waals surface area contributed by atoms with Gasteiger partial charge in [-0.1, -0.05) is 37.6 Å². The van der Waals surface area contributed by atoms with E-state index in [-0.39, 0.29) is 5.91 Å². The van der Waals surface area contributed by atoms with Gasteiger partial charge in [0.05, 0.1) is 17.3 Å². The van der Waals surface area contributed by atoms with Crippen LogP contribution in [0.1, 0.15) is 20.3 Å². The largest absolute Gasteiger partial charge is 0.324 e. The van der Waals surface area contributed by atoms with Gasteiger partial charge in [-0.15, -0.1) is 0 Å². The van der Waals surface area contributed by atoms with Crippen molar-refractivity contribution in [1.29, 1.82) is 0 Å². The highest BCUT2D eigenvalue weighted by molar-refractivity contribution is 6.33. The van der Waals surface area contributed by atoms with Gasteiger partial charge < -0.3 is 15.5 Å². The molecule has 0 atom stereocenters. The van der Waals surface area contributed by atoms with Crippen LogP contribution in [0.2, 0.25) is 5.02 Å². The summed E-state index contributed by atoms with van der Waals surface area (Å²) in [6.45, 7) is 8.68. The number of halogens is 1. The number of carbonyl (C=O) groups is 1. The Hall–Kier alpha value is -1.10. The summed E-state index contributed by atoms with van der Waals surface area (Å²) in [5, 5.41) is 6.49. The molecule has 0 unspecified atom stereocenters. The van der Waals surface area contributed by atoms with Gasteiger partial charge in [0.25, 0.3) is 0 Å². The van der Waals surface area contributed by atoms with E-state index < -0.39 is 0 Å². The smallest absolute Gasteiger partial charge is 0.238 e. The Morgan fingerprint density at radius 3 is 2.60 bits per heavy atom. The highest BCUT2D eigenvalue weighted by atomic mass is 35.5. The molecule has 20 heavy (non-hydrogen) atoms. The summed E-state index contributed by atoms with van der Waals surface area (Å²) < 4.78 is 0. The Balaban J connectivity index is 2.16. The van der Waals surface area contributed by atoms with Gasteiger partial charge >= 0.3 is 0 Å². The number of anilines is 1. The SMILES string of the molecule is CCN(CC)CCCNCC(=O)Nc1ccccc1Cl. The molecule has 5 heteroatoms. The van der Waals surface area contributed by atoms with Crippen molar-refractivity contribution in [2.45, 2.75) is 20.3 Å². The molecule has 0 aromatic heterocycles. The Kier molecular flexibility index (Phi) is 8.26. The third-order valence-corrected chi connectivity index (χ3v) is 3.49. The Bertz CT molecular complexity index is 408. The van der Waals surface area contributed by atoms with Crippen molar-refractivity contribution in [3.63, 3.8) is 0 Å². The van der Waals surface area contributed by atoms with E-state index >= 15 is 0 Å². The van der Waals surface area contributed by atoms with Gasteiger partial charge in [0.1, 0.15) is 0 Å². The maximum Gasteiger partial charge on any atom is 0.238 e. The van der Waals surface area contributed by atoms with Crippen LogP contribution in [0.5, 0.6) is 0 Å². The molecule has 0 aliphatic heterocycles. The molecule has 1 amide bonds. The fourth-order valence-electron chi connectivity index (χ4n) is 1.93. The molecule has 0 bridgehead atoms.